The van der Waals surface area contributed by atoms with Crippen molar-refractivity contribution in [2.24, 2.45) is 0 Å². The van der Waals surface area contributed by atoms with Crippen molar-refractivity contribution in [3.05, 3.63) is 53.1 Å². The average molecular weight is 326 g/mol. The molecule has 1 fully saturated rings. The highest BCUT2D eigenvalue weighted by Gasteiger charge is 2.26. The SMILES string of the molecule is Cc1cc(C=C2C(=O)NC(=S)NC2=O)c(C)n1-c1cccnc1. The molecule has 0 atom stereocenters. The number of nitrogens with one attached hydrogen (secondary N) is 2. The lowest BCUT2D eigenvalue weighted by Gasteiger charge is -2.16. The van der Waals surface area contributed by atoms with E-state index in [0.29, 0.717) is 0 Å². The largest absolute Gasteiger partial charge is 0.316 e. The predicted octanol–water partition coefficient (Wildman–Crippen LogP) is 1.40. The summed E-state index contributed by atoms with van der Waals surface area (Å²) in [4.78, 5) is 28.0. The van der Waals surface area contributed by atoms with E-state index in [9.17, 15) is 9.59 Å². The summed E-state index contributed by atoms with van der Waals surface area (Å²) < 4.78 is 2.02. The van der Waals surface area contributed by atoms with Gasteiger partial charge in [-0.3, -0.25) is 25.2 Å². The first-order chi connectivity index (χ1) is 11.0. The van der Waals surface area contributed by atoms with Crippen molar-refractivity contribution in [2.45, 2.75) is 13.8 Å². The maximum atomic E-state index is 11.9. The number of hydrogen-bond acceptors (Lipinski definition) is 4. The topological polar surface area (TPSA) is 76.0 Å². The van der Waals surface area contributed by atoms with Crippen LogP contribution in [0.1, 0.15) is 17.0 Å². The summed E-state index contributed by atoms with van der Waals surface area (Å²) >= 11 is 4.79. The van der Waals surface area contributed by atoms with Gasteiger partial charge in [-0.05, 0) is 55.9 Å². The van der Waals surface area contributed by atoms with E-state index in [-0.39, 0.29) is 10.7 Å². The number of carbonyl (C=O) groups excluding carboxylic acids is 2. The van der Waals surface area contributed by atoms with Crippen molar-refractivity contribution < 1.29 is 9.59 Å². The van der Waals surface area contributed by atoms with Crippen LogP contribution in [0.4, 0.5) is 0 Å². The Kier molecular flexibility index (Phi) is 3.79. The molecule has 0 unspecified atom stereocenters. The number of nitrogens with zero attached hydrogens (tertiary/aromatic N) is 2. The number of hydrogen-bond donors (Lipinski definition) is 2. The van der Waals surface area contributed by atoms with Crippen LogP contribution in [0.2, 0.25) is 0 Å². The van der Waals surface area contributed by atoms with Crippen molar-refractivity contribution in [3.63, 3.8) is 0 Å². The number of thiocarbonyl (C=S) groups is 1. The molecule has 2 amide bonds. The van der Waals surface area contributed by atoms with Crippen molar-refractivity contribution in [2.75, 3.05) is 0 Å². The molecule has 116 valence electrons. The second-order valence-corrected chi connectivity index (χ2v) is 5.58. The van der Waals surface area contributed by atoms with Gasteiger partial charge in [0.2, 0.25) is 0 Å². The van der Waals surface area contributed by atoms with Crippen LogP contribution in [0.3, 0.4) is 0 Å². The lowest BCUT2D eigenvalue weighted by Crippen LogP contribution is -2.51. The minimum Gasteiger partial charge on any atom is -0.316 e. The van der Waals surface area contributed by atoms with E-state index in [1.165, 1.54) is 0 Å². The second kappa shape index (κ2) is 5.77. The summed E-state index contributed by atoms with van der Waals surface area (Å²) in [7, 11) is 0. The van der Waals surface area contributed by atoms with Crippen LogP contribution in [-0.4, -0.2) is 26.5 Å². The zero-order chi connectivity index (χ0) is 16.6. The molecule has 6 nitrogen and oxygen atoms in total. The van der Waals surface area contributed by atoms with Crippen LogP contribution in [0.25, 0.3) is 11.8 Å². The van der Waals surface area contributed by atoms with Gasteiger partial charge in [-0.25, -0.2) is 0 Å². The Morgan fingerprint density at radius 2 is 1.91 bits per heavy atom. The van der Waals surface area contributed by atoms with Crippen molar-refractivity contribution >= 4 is 35.2 Å². The number of carbonyl (C=O) groups is 2. The second-order valence-electron chi connectivity index (χ2n) is 5.17. The lowest BCUT2D eigenvalue weighted by atomic mass is 10.1. The van der Waals surface area contributed by atoms with Gasteiger partial charge in [0.1, 0.15) is 5.57 Å². The lowest BCUT2D eigenvalue weighted by molar-refractivity contribution is -0.123. The van der Waals surface area contributed by atoms with Crippen LogP contribution >= 0.6 is 12.2 Å². The normalized spacial score (nSPS) is 14.5. The molecule has 23 heavy (non-hydrogen) atoms. The highest BCUT2D eigenvalue weighted by molar-refractivity contribution is 7.80. The van der Waals surface area contributed by atoms with Gasteiger partial charge in [0, 0.05) is 17.6 Å². The van der Waals surface area contributed by atoms with Gasteiger partial charge < -0.3 is 4.57 Å². The molecule has 0 aliphatic carbocycles. The van der Waals surface area contributed by atoms with E-state index < -0.39 is 11.8 Å². The quantitative estimate of drug-likeness (QED) is 0.497. The van der Waals surface area contributed by atoms with Crippen molar-refractivity contribution in [1.82, 2.24) is 20.2 Å². The van der Waals surface area contributed by atoms with Crippen LogP contribution in [0.15, 0.2) is 36.2 Å². The monoisotopic (exact) mass is 326 g/mol. The maximum Gasteiger partial charge on any atom is 0.263 e. The molecule has 2 aromatic rings. The Balaban J connectivity index is 2.06. The highest BCUT2D eigenvalue weighted by Crippen LogP contribution is 2.22. The number of pyridine rings is 1. The van der Waals surface area contributed by atoms with Crippen LogP contribution in [-0.2, 0) is 9.59 Å². The third-order valence-corrected chi connectivity index (χ3v) is 3.82. The number of aromatic nitrogens is 2. The van der Waals surface area contributed by atoms with E-state index >= 15 is 0 Å². The van der Waals surface area contributed by atoms with Crippen molar-refractivity contribution in [3.8, 4) is 5.69 Å². The Morgan fingerprint density at radius 3 is 2.52 bits per heavy atom. The molecule has 0 saturated carbocycles. The summed E-state index contributed by atoms with van der Waals surface area (Å²) in [5, 5.41) is 4.88. The number of aryl methyl sites for hydroxylation is 1. The molecule has 2 N–H and O–H groups in total. The molecule has 2 aromatic heterocycles. The predicted molar refractivity (Wildman–Crippen MR) is 89.9 cm³/mol. The summed E-state index contributed by atoms with van der Waals surface area (Å²) in [6.07, 6.45) is 5.04. The van der Waals surface area contributed by atoms with Gasteiger partial charge in [0.25, 0.3) is 11.8 Å². The highest BCUT2D eigenvalue weighted by atomic mass is 32.1. The van der Waals surface area contributed by atoms with Gasteiger partial charge in [-0.15, -0.1) is 0 Å². The van der Waals surface area contributed by atoms with Gasteiger partial charge in [0.15, 0.2) is 5.11 Å². The molecule has 1 aliphatic rings. The zero-order valence-corrected chi connectivity index (χ0v) is 13.4. The summed E-state index contributed by atoms with van der Waals surface area (Å²) in [6.45, 7) is 3.88. The van der Waals surface area contributed by atoms with E-state index in [1.807, 2.05) is 36.6 Å². The summed E-state index contributed by atoms with van der Waals surface area (Å²) in [5.74, 6) is -0.991. The van der Waals surface area contributed by atoms with Crippen LogP contribution in [0, 0.1) is 13.8 Å². The summed E-state index contributed by atoms with van der Waals surface area (Å²) in [5.41, 5.74) is 3.64. The molecule has 1 aliphatic heterocycles. The standard InChI is InChI=1S/C16H14N4O2S/c1-9-6-11(7-13-14(21)18-16(23)19-15(13)22)10(2)20(9)12-4-3-5-17-8-12/h3-8H,1-2H3,(H2,18,19,21,22,23). The van der Waals surface area contributed by atoms with Gasteiger partial charge >= 0.3 is 0 Å². The first-order valence-corrected chi connectivity index (χ1v) is 7.36. The van der Waals surface area contributed by atoms with E-state index in [4.69, 9.17) is 12.2 Å². The van der Waals surface area contributed by atoms with Gasteiger partial charge in [0.05, 0.1) is 11.9 Å². The third kappa shape index (κ3) is 2.78. The fourth-order valence-corrected chi connectivity index (χ4v) is 2.76. The Morgan fingerprint density at radius 1 is 1.22 bits per heavy atom. The maximum absolute atomic E-state index is 11.9. The molecule has 0 aromatic carbocycles. The van der Waals surface area contributed by atoms with Crippen molar-refractivity contribution in [1.29, 1.82) is 0 Å². The summed E-state index contributed by atoms with van der Waals surface area (Å²) in [6, 6.07) is 5.72. The Hall–Kier alpha value is -2.80. The molecular formula is C16H14N4O2S. The molecule has 7 heteroatoms. The number of amides is 2. The average Bonchev–Trinajstić information content (AvgIpc) is 2.78. The molecule has 3 rings (SSSR count). The molecule has 3 heterocycles. The van der Waals surface area contributed by atoms with E-state index in [1.54, 1.807) is 18.5 Å². The number of rotatable bonds is 2. The fraction of sp³-hybridized carbons (Fsp3) is 0.125. The van der Waals surface area contributed by atoms with Crippen LogP contribution in [0.5, 0.6) is 0 Å². The van der Waals surface area contributed by atoms with Gasteiger partial charge in [-0.2, -0.15) is 0 Å². The third-order valence-electron chi connectivity index (χ3n) is 3.62. The first-order valence-electron chi connectivity index (χ1n) is 6.95. The Labute approximate surface area is 138 Å². The Bertz CT molecular complexity index is 830. The molecule has 1 saturated heterocycles. The molecule has 0 bridgehead atoms. The first kappa shape index (κ1) is 15.1. The van der Waals surface area contributed by atoms with Gasteiger partial charge in [-0.1, -0.05) is 0 Å². The molecule has 0 spiro atoms. The smallest absolute Gasteiger partial charge is 0.263 e. The minimum atomic E-state index is -0.495. The molecule has 0 radical (unpaired) electrons. The minimum absolute atomic E-state index is 0.0259. The zero-order valence-electron chi connectivity index (χ0n) is 12.6. The fourth-order valence-electron chi connectivity index (χ4n) is 2.58. The van der Waals surface area contributed by atoms with E-state index in [2.05, 4.69) is 15.6 Å². The molecular weight excluding hydrogens is 312 g/mol. The van der Waals surface area contributed by atoms with Crippen LogP contribution < -0.4 is 10.6 Å². The van der Waals surface area contributed by atoms with E-state index in [0.717, 1.165) is 22.6 Å².